The van der Waals surface area contributed by atoms with Gasteiger partial charge in [0.1, 0.15) is 28.8 Å². The summed E-state index contributed by atoms with van der Waals surface area (Å²) in [5.74, 6) is 3.81. The van der Waals surface area contributed by atoms with Crippen molar-refractivity contribution < 1.29 is 8.78 Å². The number of piperazine rings is 1. The molecule has 2 aromatic heterocycles. The van der Waals surface area contributed by atoms with Gasteiger partial charge in [-0.05, 0) is 87.5 Å². The first-order valence-corrected chi connectivity index (χ1v) is 19.3. The van der Waals surface area contributed by atoms with E-state index >= 15 is 8.78 Å². The highest BCUT2D eigenvalue weighted by atomic mass is 19.1. The van der Waals surface area contributed by atoms with E-state index in [0.717, 1.165) is 63.4 Å². The number of fused-ring (bicyclic) bond motifs is 5. The highest BCUT2D eigenvalue weighted by molar-refractivity contribution is 6.15. The van der Waals surface area contributed by atoms with E-state index < -0.39 is 11.6 Å². The fourth-order valence-corrected chi connectivity index (χ4v) is 10.3. The summed E-state index contributed by atoms with van der Waals surface area (Å²) in [6.07, 6.45) is 19.9. The van der Waals surface area contributed by atoms with Crippen molar-refractivity contribution in [3.05, 3.63) is 76.6 Å². The fraction of sp³-hybridized carbons (Fsp3) is 0.442. The SMILES string of the molecule is C#Cc1c(F)ccc2cc(C)cc(-c3c(N)c(C=NC)c4c(N5CC6CCC(C5)N6Cc5nccn5C)nc(CCC56CCCN5CCC6)nc4c3F)c12. The molecule has 5 aromatic rings. The molecule has 0 spiro atoms. The van der Waals surface area contributed by atoms with Crippen LogP contribution in [0.4, 0.5) is 20.3 Å². The molecule has 278 valence electrons. The molecule has 11 heteroatoms. The van der Waals surface area contributed by atoms with Crippen LogP contribution < -0.4 is 10.6 Å². The maximum Gasteiger partial charge on any atom is 0.159 e. The summed E-state index contributed by atoms with van der Waals surface area (Å²) < 4.78 is 35.2. The second kappa shape index (κ2) is 13.4. The number of anilines is 2. The van der Waals surface area contributed by atoms with Crippen molar-refractivity contribution in [2.75, 3.05) is 43.9 Å². The quantitative estimate of drug-likeness (QED) is 0.107. The van der Waals surface area contributed by atoms with Gasteiger partial charge < -0.3 is 15.2 Å². The number of imidazole rings is 1. The molecule has 9 nitrogen and oxygen atoms in total. The maximum atomic E-state index is 17.8. The van der Waals surface area contributed by atoms with E-state index in [2.05, 4.69) is 35.2 Å². The average molecular weight is 728 g/mol. The summed E-state index contributed by atoms with van der Waals surface area (Å²) in [4.78, 5) is 27.0. The van der Waals surface area contributed by atoms with Gasteiger partial charge in [-0.2, -0.15) is 0 Å². The Kier molecular flexibility index (Phi) is 8.66. The van der Waals surface area contributed by atoms with Crippen molar-refractivity contribution in [3.63, 3.8) is 0 Å². The Labute approximate surface area is 315 Å². The van der Waals surface area contributed by atoms with Crippen molar-refractivity contribution in [1.82, 2.24) is 29.3 Å². The molecule has 2 bridgehead atoms. The van der Waals surface area contributed by atoms with Gasteiger partial charge >= 0.3 is 0 Å². The van der Waals surface area contributed by atoms with Crippen LogP contribution in [0.1, 0.15) is 73.3 Å². The summed E-state index contributed by atoms with van der Waals surface area (Å²) in [5, 5.41) is 1.72. The molecular weight excluding hydrogens is 681 g/mol. The lowest BCUT2D eigenvalue weighted by molar-refractivity contribution is 0.155. The summed E-state index contributed by atoms with van der Waals surface area (Å²) in [7, 11) is 3.72. The Hall–Kier alpha value is -4.92. The minimum atomic E-state index is -0.558. The van der Waals surface area contributed by atoms with Gasteiger partial charge in [0.15, 0.2) is 5.82 Å². The second-order valence-electron chi connectivity index (χ2n) is 15.9. The molecule has 9 rings (SSSR count). The summed E-state index contributed by atoms with van der Waals surface area (Å²) in [5.41, 5.74) is 9.74. The van der Waals surface area contributed by atoms with Gasteiger partial charge in [-0.25, -0.2) is 23.7 Å². The molecule has 2 N–H and O–H groups in total. The van der Waals surface area contributed by atoms with Crippen LogP contribution in [-0.4, -0.2) is 86.4 Å². The highest BCUT2D eigenvalue weighted by Crippen LogP contribution is 2.46. The zero-order valence-electron chi connectivity index (χ0n) is 31.4. The predicted molar refractivity (Wildman–Crippen MR) is 212 cm³/mol. The minimum Gasteiger partial charge on any atom is -0.398 e. The Morgan fingerprint density at radius 2 is 1.83 bits per heavy atom. The van der Waals surface area contributed by atoms with Crippen molar-refractivity contribution in [2.24, 2.45) is 12.0 Å². The molecule has 0 saturated carbocycles. The summed E-state index contributed by atoms with van der Waals surface area (Å²) in [6.45, 7) is 6.46. The first kappa shape index (κ1) is 34.8. The van der Waals surface area contributed by atoms with Crippen LogP contribution in [0.5, 0.6) is 0 Å². The normalized spacial score (nSPS) is 21.2. The van der Waals surface area contributed by atoms with Crippen LogP contribution in [0.2, 0.25) is 0 Å². The number of nitrogen functional groups attached to an aromatic ring is 1. The zero-order chi connectivity index (χ0) is 37.3. The molecule has 54 heavy (non-hydrogen) atoms. The van der Waals surface area contributed by atoms with Gasteiger partial charge in [0, 0.05) is 86.3 Å². The topological polar surface area (TPSA) is 91.7 Å². The van der Waals surface area contributed by atoms with Crippen LogP contribution in [0, 0.1) is 30.9 Å². The number of hydrogen-bond acceptors (Lipinski definition) is 8. The third kappa shape index (κ3) is 5.56. The molecular formula is C43H47F2N9. The van der Waals surface area contributed by atoms with E-state index in [9.17, 15) is 0 Å². The highest BCUT2D eigenvalue weighted by Gasteiger charge is 2.44. The van der Waals surface area contributed by atoms with Crippen LogP contribution in [0.15, 0.2) is 41.7 Å². The first-order chi connectivity index (χ1) is 26.2. The van der Waals surface area contributed by atoms with E-state index in [1.807, 2.05) is 38.5 Å². The molecule has 3 aromatic carbocycles. The first-order valence-electron chi connectivity index (χ1n) is 19.3. The molecule has 0 amide bonds. The number of hydrogen-bond donors (Lipinski definition) is 1. The molecule has 4 aliphatic heterocycles. The third-order valence-corrected chi connectivity index (χ3v) is 12.9. The van der Waals surface area contributed by atoms with Gasteiger partial charge in [0.2, 0.25) is 0 Å². The van der Waals surface area contributed by atoms with Crippen LogP contribution in [-0.2, 0) is 20.0 Å². The number of terminal acetylenes is 1. The van der Waals surface area contributed by atoms with Crippen LogP contribution in [0.25, 0.3) is 32.8 Å². The molecule has 0 aliphatic carbocycles. The Bertz CT molecular complexity index is 2350. The molecule has 4 aliphatic rings. The van der Waals surface area contributed by atoms with Crippen LogP contribution in [0.3, 0.4) is 0 Å². The maximum absolute atomic E-state index is 17.8. The van der Waals surface area contributed by atoms with E-state index in [1.54, 1.807) is 19.3 Å². The van der Waals surface area contributed by atoms with Crippen molar-refractivity contribution in [2.45, 2.75) is 82.5 Å². The molecule has 0 radical (unpaired) electrons. The monoisotopic (exact) mass is 727 g/mol. The number of halogens is 2. The lowest BCUT2D eigenvalue weighted by atomic mass is 9.88. The van der Waals surface area contributed by atoms with E-state index in [-0.39, 0.29) is 27.9 Å². The number of rotatable bonds is 8. The number of aliphatic imine (C=N–C) groups is 1. The lowest BCUT2D eigenvalue weighted by Crippen LogP contribution is -2.53. The van der Waals surface area contributed by atoms with E-state index in [1.165, 1.54) is 31.7 Å². The molecule has 4 fully saturated rings. The van der Waals surface area contributed by atoms with Crippen molar-refractivity contribution in [1.29, 1.82) is 0 Å². The van der Waals surface area contributed by atoms with Gasteiger partial charge in [-0.15, -0.1) is 6.42 Å². The molecule has 2 unspecified atom stereocenters. The largest absolute Gasteiger partial charge is 0.398 e. The van der Waals surface area contributed by atoms with Gasteiger partial charge in [0.25, 0.3) is 0 Å². The second-order valence-corrected chi connectivity index (χ2v) is 15.9. The Morgan fingerprint density at radius 3 is 2.52 bits per heavy atom. The minimum absolute atomic E-state index is 0.0759. The smallest absolute Gasteiger partial charge is 0.159 e. The summed E-state index contributed by atoms with van der Waals surface area (Å²) >= 11 is 0. The lowest BCUT2D eigenvalue weighted by Gasteiger charge is -2.42. The number of aromatic nitrogens is 4. The zero-order valence-corrected chi connectivity index (χ0v) is 31.4. The van der Waals surface area contributed by atoms with E-state index in [4.69, 9.17) is 22.1 Å². The molecule has 4 saturated heterocycles. The number of nitrogens with zero attached hydrogens (tertiary/aromatic N) is 8. The predicted octanol–water partition coefficient (Wildman–Crippen LogP) is 6.80. The van der Waals surface area contributed by atoms with E-state index in [0.29, 0.717) is 57.4 Å². The van der Waals surface area contributed by atoms with Gasteiger partial charge in [-0.3, -0.25) is 14.8 Å². The molecule has 6 heterocycles. The number of nitrogens with two attached hydrogens (primary N) is 1. The Balaban J connectivity index is 1.23. The van der Waals surface area contributed by atoms with Crippen molar-refractivity contribution >= 4 is 39.4 Å². The summed E-state index contributed by atoms with van der Waals surface area (Å²) in [6, 6.07) is 7.39. The number of aryl methyl sites for hydroxylation is 3. The van der Waals surface area contributed by atoms with Crippen molar-refractivity contribution in [3.8, 4) is 23.5 Å². The van der Waals surface area contributed by atoms with Gasteiger partial charge in [0.05, 0.1) is 23.2 Å². The average Bonchev–Trinajstić information content (AvgIpc) is 3.92. The van der Waals surface area contributed by atoms with Gasteiger partial charge in [-0.1, -0.05) is 24.1 Å². The van der Waals surface area contributed by atoms with Crippen LogP contribution >= 0.6 is 0 Å². The standard InChI is InChI=1S/C43H47F2N9/c1-5-30-33(44)11-8-27-20-26(2)21-31(36(27)30)37-39(45)41-38(32(22-47-3)40(37)46)42(50-34(49-41)12-15-43-13-6-17-53(43)18-7-14-43)52-23-28-9-10-29(24-52)54(28)25-35-48-16-19-51(35)4/h1,8,11,16,19-22,28-29H,6-7,9-10,12-15,17-18,23-25,46H2,2-4H3. The third-order valence-electron chi connectivity index (χ3n) is 12.9. The fourth-order valence-electron chi connectivity index (χ4n) is 10.3. The Morgan fingerprint density at radius 1 is 1.07 bits per heavy atom. The molecule has 2 atom stereocenters. The number of benzene rings is 3.